The van der Waals surface area contributed by atoms with Crippen molar-refractivity contribution >= 4 is 46.7 Å². The molecular formula is C35H37Cl2N7O6. The fraction of sp³-hybridized carbons (Fsp3) is 0.314. The van der Waals surface area contributed by atoms with E-state index in [0.29, 0.717) is 57.0 Å². The van der Waals surface area contributed by atoms with E-state index in [1.807, 2.05) is 17.0 Å². The van der Waals surface area contributed by atoms with Gasteiger partial charge in [0.25, 0.3) is 5.91 Å². The Morgan fingerprint density at radius 1 is 0.960 bits per heavy atom. The number of hydrogen-bond donors (Lipinski definition) is 4. The largest absolute Gasteiger partial charge is 0.496 e. The van der Waals surface area contributed by atoms with Gasteiger partial charge in [0.2, 0.25) is 11.8 Å². The average Bonchev–Trinajstić information content (AvgIpc) is 3.12. The fourth-order valence-corrected chi connectivity index (χ4v) is 6.20. The van der Waals surface area contributed by atoms with E-state index in [4.69, 9.17) is 42.8 Å². The summed E-state index contributed by atoms with van der Waals surface area (Å²) in [5.74, 6) is -0.592. The van der Waals surface area contributed by atoms with Crippen molar-refractivity contribution in [3.05, 3.63) is 81.7 Å². The topological polar surface area (TPSA) is 168 Å². The minimum Gasteiger partial charge on any atom is -0.496 e. The number of carboxylic acids is 1. The zero-order valence-electron chi connectivity index (χ0n) is 27.8. The highest BCUT2D eigenvalue weighted by Crippen LogP contribution is 2.40. The molecular weight excluding hydrogens is 685 g/mol. The first kappa shape index (κ1) is 36.5. The van der Waals surface area contributed by atoms with Crippen LogP contribution in [-0.4, -0.2) is 82.6 Å². The number of likely N-dealkylation sites (tertiary alicyclic amines) is 1. The maximum Gasteiger partial charge on any atom is 0.317 e. The van der Waals surface area contributed by atoms with Gasteiger partial charge in [-0.15, -0.1) is 0 Å². The van der Waals surface area contributed by atoms with E-state index in [2.05, 4.69) is 25.9 Å². The van der Waals surface area contributed by atoms with E-state index in [9.17, 15) is 14.4 Å². The molecule has 5 rings (SSSR count). The summed E-state index contributed by atoms with van der Waals surface area (Å²) in [4.78, 5) is 51.0. The number of carbonyl (C=O) groups is 3. The van der Waals surface area contributed by atoms with Crippen LogP contribution < -0.4 is 25.4 Å². The Bertz CT molecular complexity index is 1880. The molecule has 1 aliphatic heterocycles. The number of halogens is 2. The van der Waals surface area contributed by atoms with Gasteiger partial charge >= 0.3 is 5.97 Å². The molecule has 1 aliphatic rings. The Labute approximate surface area is 299 Å². The molecule has 0 spiro atoms. The SMILES string of the molecule is COc1cc(C(=O)Nc2cccc(-c3nccc(-c4ccc(CNC5CCN(C(C)=O)CC5)c(OC)n4)c3Cl)c2Cl)ncc1CNCC(=O)O. The number of nitrogens with one attached hydrogen (secondary N) is 3. The van der Waals surface area contributed by atoms with Crippen molar-refractivity contribution in [2.45, 2.75) is 38.9 Å². The molecule has 13 nitrogen and oxygen atoms in total. The molecule has 1 saturated heterocycles. The van der Waals surface area contributed by atoms with Crippen molar-refractivity contribution in [2.75, 3.05) is 39.2 Å². The highest BCUT2D eigenvalue weighted by atomic mass is 35.5. The summed E-state index contributed by atoms with van der Waals surface area (Å²) >= 11 is 13.8. The maximum absolute atomic E-state index is 13.2. The van der Waals surface area contributed by atoms with E-state index in [1.165, 1.54) is 19.4 Å². The van der Waals surface area contributed by atoms with E-state index in [1.54, 1.807) is 44.5 Å². The third kappa shape index (κ3) is 8.66. The molecule has 0 atom stereocenters. The van der Waals surface area contributed by atoms with Crippen LogP contribution in [0.3, 0.4) is 0 Å². The highest BCUT2D eigenvalue weighted by Gasteiger charge is 2.22. The van der Waals surface area contributed by atoms with Gasteiger partial charge < -0.3 is 35.4 Å². The van der Waals surface area contributed by atoms with Gasteiger partial charge in [0, 0.05) is 79.9 Å². The summed E-state index contributed by atoms with van der Waals surface area (Å²) in [5, 5.41) is 18.5. The average molecular weight is 723 g/mol. The van der Waals surface area contributed by atoms with Crippen LogP contribution in [-0.2, 0) is 22.7 Å². The van der Waals surface area contributed by atoms with Gasteiger partial charge in [-0.1, -0.05) is 41.4 Å². The van der Waals surface area contributed by atoms with Crippen molar-refractivity contribution in [1.82, 2.24) is 30.5 Å². The summed E-state index contributed by atoms with van der Waals surface area (Å²) < 4.78 is 11.0. The molecule has 4 N–H and O–H groups in total. The summed E-state index contributed by atoms with van der Waals surface area (Å²) in [6, 6.07) is 12.4. The first-order valence-electron chi connectivity index (χ1n) is 15.8. The molecule has 2 amide bonds. The second kappa shape index (κ2) is 16.7. The van der Waals surface area contributed by atoms with Gasteiger partial charge in [0.1, 0.15) is 11.4 Å². The third-order valence-corrected chi connectivity index (χ3v) is 9.10. The summed E-state index contributed by atoms with van der Waals surface area (Å²) in [6.45, 7) is 3.59. The number of carboxylic acid groups (broad SMARTS) is 1. The zero-order valence-corrected chi connectivity index (χ0v) is 29.3. The number of aliphatic carboxylic acids is 1. The number of ether oxygens (including phenoxy) is 2. The van der Waals surface area contributed by atoms with Gasteiger partial charge in [-0.3, -0.25) is 24.4 Å². The van der Waals surface area contributed by atoms with Crippen LogP contribution >= 0.6 is 23.2 Å². The molecule has 0 saturated carbocycles. The summed E-state index contributed by atoms with van der Waals surface area (Å²) in [7, 11) is 3.02. The van der Waals surface area contributed by atoms with Crippen molar-refractivity contribution < 1.29 is 29.0 Å². The van der Waals surface area contributed by atoms with Crippen LogP contribution in [0.1, 0.15) is 41.4 Å². The van der Waals surface area contributed by atoms with Crippen molar-refractivity contribution in [3.63, 3.8) is 0 Å². The molecule has 0 aliphatic carbocycles. The smallest absolute Gasteiger partial charge is 0.317 e. The summed E-state index contributed by atoms with van der Waals surface area (Å²) in [6.07, 6.45) is 4.82. The van der Waals surface area contributed by atoms with Crippen LogP contribution in [0.15, 0.2) is 54.9 Å². The number of methoxy groups -OCH3 is 2. The van der Waals surface area contributed by atoms with Crippen LogP contribution in [0.4, 0.5) is 5.69 Å². The second-order valence-electron chi connectivity index (χ2n) is 11.5. The van der Waals surface area contributed by atoms with Crippen molar-refractivity contribution in [1.29, 1.82) is 0 Å². The minimum absolute atomic E-state index is 0.0699. The Kier molecular flexibility index (Phi) is 12.2. The molecule has 0 unspecified atom stereocenters. The minimum atomic E-state index is -0.995. The number of amides is 2. The zero-order chi connectivity index (χ0) is 35.8. The number of rotatable bonds is 13. The van der Waals surface area contributed by atoms with E-state index >= 15 is 0 Å². The molecule has 0 bridgehead atoms. The third-order valence-electron chi connectivity index (χ3n) is 8.31. The van der Waals surface area contributed by atoms with Crippen LogP contribution in [0.2, 0.25) is 10.0 Å². The molecule has 4 aromatic rings. The van der Waals surface area contributed by atoms with E-state index in [-0.39, 0.29) is 35.8 Å². The highest BCUT2D eigenvalue weighted by molar-refractivity contribution is 6.39. The van der Waals surface area contributed by atoms with E-state index in [0.717, 1.165) is 31.5 Å². The number of carbonyl (C=O) groups excluding carboxylic acids is 2. The number of hydrogen-bond acceptors (Lipinski definition) is 10. The Morgan fingerprint density at radius 2 is 1.74 bits per heavy atom. The molecule has 3 aromatic heterocycles. The van der Waals surface area contributed by atoms with Gasteiger partial charge in [0.05, 0.1) is 47.9 Å². The Morgan fingerprint density at radius 3 is 2.44 bits per heavy atom. The number of piperidine rings is 1. The molecule has 50 heavy (non-hydrogen) atoms. The van der Waals surface area contributed by atoms with Gasteiger partial charge in [0.15, 0.2) is 0 Å². The lowest BCUT2D eigenvalue weighted by Crippen LogP contribution is -2.44. The molecule has 15 heteroatoms. The van der Waals surface area contributed by atoms with Crippen LogP contribution in [0.5, 0.6) is 11.6 Å². The van der Waals surface area contributed by atoms with Crippen molar-refractivity contribution in [2.24, 2.45) is 0 Å². The predicted octanol–water partition coefficient (Wildman–Crippen LogP) is 5.06. The quantitative estimate of drug-likeness (QED) is 0.146. The monoisotopic (exact) mass is 721 g/mol. The fourth-order valence-electron chi connectivity index (χ4n) is 5.63. The predicted molar refractivity (Wildman–Crippen MR) is 190 cm³/mol. The normalized spacial score (nSPS) is 13.2. The first-order valence-corrected chi connectivity index (χ1v) is 16.6. The number of benzene rings is 1. The van der Waals surface area contributed by atoms with Gasteiger partial charge in [-0.05, 0) is 31.0 Å². The lowest BCUT2D eigenvalue weighted by atomic mass is 10.0. The van der Waals surface area contributed by atoms with Gasteiger partial charge in [-0.25, -0.2) is 4.98 Å². The number of pyridine rings is 3. The Hall–Kier alpha value is -4.82. The van der Waals surface area contributed by atoms with Crippen LogP contribution in [0, 0.1) is 0 Å². The molecule has 1 fully saturated rings. The number of nitrogens with zero attached hydrogens (tertiary/aromatic N) is 4. The molecule has 0 radical (unpaired) electrons. The molecule has 1 aromatic carbocycles. The molecule has 4 heterocycles. The lowest BCUT2D eigenvalue weighted by molar-refractivity contribution is -0.136. The second-order valence-corrected chi connectivity index (χ2v) is 12.3. The maximum atomic E-state index is 13.2. The Balaban J connectivity index is 1.32. The molecule has 262 valence electrons. The number of aromatic nitrogens is 3. The lowest BCUT2D eigenvalue weighted by Gasteiger charge is -2.31. The van der Waals surface area contributed by atoms with E-state index < -0.39 is 11.9 Å². The van der Waals surface area contributed by atoms with Crippen LogP contribution in [0.25, 0.3) is 22.5 Å². The summed E-state index contributed by atoms with van der Waals surface area (Å²) in [5.41, 5.74) is 3.94. The standard InChI is InChI=1S/C35H37Cl2N7O6/c1-20(45)44-13-10-23(11-14-44)40-17-21-7-8-26(43-35(21)50-3)24-9-12-39-33(32(24)37)25-5-4-6-27(31(25)36)42-34(48)28-15-29(49-2)22(18-41-28)16-38-19-30(46)47/h4-9,12,15,18,23,38,40H,10-11,13-14,16-17,19H2,1-3H3,(H,42,48)(H,46,47). The van der Waals surface area contributed by atoms with Crippen molar-refractivity contribution in [3.8, 4) is 34.1 Å². The first-order chi connectivity index (χ1) is 24.1. The van der Waals surface area contributed by atoms with Gasteiger partial charge in [-0.2, -0.15) is 0 Å². The number of anilines is 1.